The molecule has 0 bridgehead atoms. The number of hydrogen-bond donors (Lipinski definition) is 0. The zero-order valence-corrected chi connectivity index (χ0v) is 33.1. The highest BCUT2D eigenvalue weighted by Gasteiger charge is 2.37. The summed E-state index contributed by atoms with van der Waals surface area (Å²) in [4.78, 5) is 0. The summed E-state index contributed by atoms with van der Waals surface area (Å²) in [6.45, 7) is 8.86. The van der Waals surface area contributed by atoms with E-state index in [0.29, 0.717) is 47.7 Å². The Kier molecular flexibility index (Phi) is 12.5. The first-order chi connectivity index (χ1) is 28.6. The van der Waals surface area contributed by atoms with E-state index in [9.17, 15) is 0 Å². The first-order valence-electron chi connectivity index (χ1n) is 19.9. The molecular weight excluding hydrogens is 737 g/mol. The molecule has 10 heteroatoms. The fourth-order valence-electron chi connectivity index (χ4n) is 7.14. The van der Waals surface area contributed by atoms with Gasteiger partial charge in [0, 0.05) is 22.0 Å². The average Bonchev–Trinajstić information content (AvgIpc) is 3.23. The van der Waals surface area contributed by atoms with Gasteiger partial charge in [-0.3, -0.25) is 0 Å². The Hall–Kier alpha value is -5.52. The van der Waals surface area contributed by atoms with Crippen LogP contribution in [0, 0.1) is 10.8 Å². The van der Waals surface area contributed by atoms with Gasteiger partial charge >= 0.3 is 0 Å². The Bertz CT molecular complexity index is 2080. The summed E-state index contributed by atoms with van der Waals surface area (Å²) in [6.07, 6.45) is 2.04. The number of benzene rings is 6. The van der Waals surface area contributed by atoms with Crippen LogP contribution in [0.25, 0.3) is 32.7 Å². The smallest absolute Gasteiger partial charge is 0.230 e. The van der Waals surface area contributed by atoms with Crippen LogP contribution in [0.2, 0.25) is 0 Å². The molecule has 2 saturated heterocycles. The van der Waals surface area contributed by atoms with Crippen LogP contribution < -0.4 is 28.4 Å². The minimum absolute atomic E-state index is 0.0137. The molecule has 2 heterocycles. The molecule has 302 valence electrons. The number of fused-ring (bicyclic) bond motifs is 2. The summed E-state index contributed by atoms with van der Waals surface area (Å²) in [5, 5.41) is 4.18. The normalized spacial score (nSPS) is 15.3. The highest BCUT2D eigenvalue weighted by Crippen LogP contribution is 2.45. The molecule has 0 unspecified atom stereocenters. The second-order valence-corrected chi connectivity index (χ2v) is 15.0. The minimum Gasteiger partial charge on any atom is -0.468 e. The van der Waals surface area contributed by atoms with Gasteiger partial charge in [-0.05, 0) is 95.1 Å². The molecule has 0 atom stereocenters. The summed E-state index contributed by atoms with van der Waals surface area (Å²) in [5.74, 6) is 4.00. The van der Waals surface area contributed by atoms with E-state index in [1.807, 2.05) is 84.9 Å². The average molecular weight is 787 g/mol. The van der Waals surface area contributed by atoms with Crippen molar-refractivity contribution in [3.8, 4) is 45.6 Å². The summed E-state index contributed by atoms with van der Waals surface area (Å²) in [6, 6.07) is 39.4. The maximum Gasteiger partial charge on any atom is 0.230 e. The van der Waals surface area contributed by atoms with Gasteiger partial charge in [0.1, 0.15) is 34.5 Å². The highest BCUT2D eigenvalue weighted by molar-refractivity contribution is 6.09. The molecule has 2 aliphatic rings. The van der Waals surface area contributed by atoms with Crippen molar-refractivity contribution in [3.63, 3.8) is 0 Å². The first-order valence-corrected chi connectivity index (χ1v) is 19.9. The molecule has 2 aliphatic heterocycles. The Balaban J connectivity index is 0.929. The first kappa shape index (κ1) is 39.3. The zero-order chi connectivity index (χ0) is 39.6. The van der Waals surface area contributed by atoms with Gasteiger partial charge < -0.3 is 47.4 Å². The molecule has 58 heavy (non-hydrogen) atoms. The summed E-state index contributed by atoms with van der Waals surface area (Å²) >= 11 is 0. The molecule has 2 fully saturated rings. The van der Waals surface area contributed by atoms with Crippen LogP contribution in [-0.2, 0) is 18.9 Å². The molecule has 0 aromatic heterocycles. The third kappa shape index (κ3) is 9.11. The van der Waals surface area contributed by atoms with Crippen LogP contribution >= 0.6 is 0 Å². The van der Waals surface area contributed by atoms with Crippen LogP contribution in [0.5, 0.6) is 34.5 Å². The quantitative estimate of drug-likeness (QED) is 0.0519. The van der Waals surface area contributed by atoms with Crippen molar-refractivity contribution in [1.82, 2.24) is 0 Å². The number of ether oxygens (including phenoxy) is 10. The van der Waals surface area contributed by atoms with Crippen molar-refractivity contribution < 1.29 is 47.4 Å². The van der Waals surface area contributed by atoms with Crippen molar-refractivity contribution in [2.45, 2.75) is 26.7 Å². The van der Waals surface area contributed by atoms with Crippen molar-refractivity contribution in [2.75, 3.05) is 66.8 Å². The zero-order valence-electron chi connectivity index (χ0n) is 33.1. The van der Waals surface area contributed by atoms with E-state index in [0.717, 1.165) is 71.9 Å². The van der Waals surface area contributed by atoms with Gasteiger partial charge in [0.05, 0.1) is 39.6 Å². The molecule has 0 N–H and O–H groups in total. The van der Waals surface area contributed by atoms with Crippen LogP contribution in [-0.4, -0.2) is 66.8 Å². The second kappa shape index (κ2) is 18.4. The molecule has 6 aromatic rings. The van der Waals surface area contributed by atoms with Gasteiger partial charge in [-0.2, -0.15) is 0 Å². The van der Waals surface area contributed by atoms with Crippen LogP contribution in [0.15, 0.2) is 121 Å². The van der Waals surface area contributed by atoms with Gasteiger partial charge in [0.25, 0.3) is 0 Å². The summed E-state index contributed by atoms with van der Waals surface area (Å²) < 4.78 is 58.9. The number of hydrogen-bond acceptors (Lipinski definition) is 10. The van der Waals surface area contributed by atoms with E-state index in [4.69, 9.17) is 47.4 Å². The van der Waals surface area contributed by atoms with E-state index < -0.39 is 0 Å². The lowest BCUT2D eigenvalue weighted by atomic mass is 9.84. The fourth-order valence-corrected chi connectivity index (χ4v) is 7.14. The van der Waals surface area contributed by atoms with E-state index in [-0.39, 0.29) is 38.0 Å². The Morgan fingerprint density at radius 1 is 0.414 bits per heavy atom. The maximum absolute atomic E-state index is 6.43. The third-order valence-electron chi connectivity index (χ3n) is 11.1. The molecule has 8 rings (SSSR count). The van der Waals surface area contributed by atoms with Gasteiger partial charge in [0.2, 0.25) is 13.6 Å². The molecule has 0 spiro atoms. The second-order valence-electron chi connectivity index (χ2n) is 15.0. The predicted octanol–water partition coefficient (Wildman–Crippen LogP) is 10.0. The SMILES string of the molecule is CCC1(COCOc2ccc(OCOc3ccc4ccccc4c3-c3c(OCOc4ccc(OCOCC5(CC)COC5)cc4)ccc4ccccc34)cc2)COC1. The third-order valence-corrected chi connectivity index (χ3v) is 11.1. The summed E-state index contributed by atoms with van der Waals surface area (Å²) in [5.41, 5.74) is 2.03. The predicted molar refractivity (Wildman–Crippen MR) is 222 cm³/mol. The van der Waals surface area contributed by atoms with E-state index in [1.54, 1.807) is 0 Å². The van der Waals surface area contributed by atoms with E-state index in [1.165, 1.54) is 0 Å². The van der Waals surface area contributed by atoms with E-state index in [2.05, 4.69) is 50.2 Å². The van der Waals surface area contributed by atoms with Crippen molar-refractivity contribution >= 4 is 21.5 Å². The minimum atomic E-state index is -0.0137. The topological polar surface area (TPSA) is 92.3 Å². The Morgan fingerprint density at radius 2 is 0.776 bits per heavy atom. The largest absolute Gasteiger partial charge is 0.468 e. The fraction of sp³-hybridized carbons (Fsp3) is 0.333. The lowest BCUT2D eigenvalue weighted by molar-refractivity contribution is -0.162. The lowest BCUT2D eigenvalue weighted by Gasteiger charge is -2.40. The number of rotatable bonds is 21. The Labute approximate surface area is 339 Å². The molecule has 6 aromatic carbocycles. The van der Waals surface area contributed by atoms with Gasteiger partial charge in [0.15, 0.2) is 13.6 Å². The molecule has 0 radical (unpaired) electrons. The standard InChI is InChI=1S/C48H50O10/c1-3-47(25-49-26-47)29-51-31-53-37-15-19-39(20-16-37)55-33-57-43-23-13-35-9-5-7-11-41(35)45(43)46-42-12-8-6-10-36(42)14-24-44(46)58-34-56-40-21-17-38(18-22-40)54-32-52-30-48(4-2)27-50-28-48/h5-24H,3-4,25-34H2,1-2H3. The maximum atomic E-state index is 6.43. The monoisotopic (exact) mass is 786 g/mol. The highest BCUT2D eigenvalue weighted by atomic mass is 16.7. The van der Waals surface area contributed by atoms with Gasteiger partial charge in [-0.15, -0.1) is 0 Å². The van der Waals surface area contributed by atoms with Crippen molar-refractivity contribution in [3.05, 3.63) is 121 Å². The van der Waals surface area contributed by atoms with Gasteiger partial charge in [-0.25, -0.2) is 0 Å². The van der Waals surface area contributed by atoms with Crippen molar-refractivity contribution in [1.29, 1.82) is 0 Å². The van der Waals surface area contributed by atoms with Crippen LogP contribution in [0.1, 0.15) is 26.7 Å². The Morgan fingerprint density at radius 3 is 1.12 bits per heavy atom. The summed E-state index contributed by atoms with van der Waals surface area (Å²) in [7, 11) is 0. The van der Waals surface area contributed by atoms with E-state index >= 15 is 0 Å². The molecular formula is C48H50O10. The molecule has 10 nitrogen and oxygen atoms in total. The molecule has 0 aliphatic carbocycles. The lowest BCUT2D eigenvalue weighted by Crippen LogP contribution is -2.45. The van der Waals surface area contributed by atoms with Crippen molar-refractivity contribution in [2.24, 2.45) is 10.8 Å². The van der Waals surface area contributed by atoms with Gasteiger partial charge in [-0.1, -0.05) is 74.5 Å². The van der Waals surface area contributed by atoms with Crippen LogP contribution in [0.4, 0.5) is 0 Å². The molecule has 0 amide bonds. The molecule has 0 saturated carbocycles. The van der Waals surface area contributed by atoms with Crippen LogP contribution in [0.3, 0.4) is 0 Å².